The second-order valence-electron chi connectivity index (χ2n) is 3.86. The van der Waals surface area contributed by atoms with Crippen molar-refractivity contribution >= 4 is 11.8 Å². The highest BCUT2D eigenvalue weighted by Crippen LogP contribution is 2.35. The molecule has 3 rings (SSSR count). The molecule has 8 nitrogen and oxygen atoms in total. The van der Waals surface area contributed by atoms with E-state index in [2.05, 4.69) is 15.3 Å². The van der Waals surface area contributed by atoms with Gasteiger partial charge in [-0.3, -0.25) is 4.57 Å². The van der Waals surface area contributed by atoms with Crippen molar-refractivity contribution in [2.45, 2.75) is 18.3 Å². The summed E-state index contributed by atoms with van der Waals surface area (Å²) in [6.45, 7) is -0.139. The zero-order valence-electron chi connectivity index (χ0n) is 8.74. The fourth-order valence-electron chi connectivity index (χ4n) is 2.14. The number of aliphatic hydroxyl groups is 1. The lowest BCUT2D eigenvalue weighted by Gasteiger charge is -2.33. The van der Waals surface area contributed by atoms with E-state index in [0.717, 1.165) is 0 Å². The summed E-state index contributed by atoms with van der Waals surface area (Å²) in [6, 6.07) is 1.70. The number of hydrogen-bond acceptors (Lipinski definition) is 7. The van der Waals surface area contributed by atoms with E-state index >= 15 is 0 Å². The number of aromatic nitrogens is 2. The number of rotatable bonds is 1. The molecule has 0 unspecified atom stereocenters. The number of nitrogens with two attached hydrogens (primary N) is 1. The van der Waals surface area contributed by atoms with E-state index in [1.165, 1.54) is 6.33 Å². The average Bonchev–Trinajstić information content (AvgIpc) is 2.89. The van der Waals surface area contributed by atoms with Gasteiger partial charge in [-0.05, 0) is 0 Å². The monoisotopic (exact) mass is 234 g/mol. The predicted molar refractivity (Wildman–Crippen MR) is 57.0 cm³/mol. The Morgan fingerprint density at radius 2 is 2.53 bits per heavy atom. The summed E-state index contributed by atoms with van der Waals surface area (Å²) in [7, 11) is 0. The van der Waals surface area contributed by atoms with Gasteiger partial charge in [0.05, 0.1) is 19.0 Å². The van der Waals surface area contributed by atoms with E-state index in [4.69, 9.17) is 15.7 Å². The van der Waals surface area contributed by atoms with Crippen LogP contribution in [0.4, 0.5) is 5.82 Å². The predicted octanol–water partition coefficient (Wildman–Crippen LogP) is -1.25. The molecule has 2 aliphatic rings. The molecule has 0 aliphatic carbocycles. The highest BCUT2D eigenvalue weighted by atomic mass is 16.5. The molecular formula is C9H10N6O2. The first-order valence-corrected chi connectivity index (χ1v) is 5.09. The topological polar surface area (TPSA) is 121 Å². The van der Waals surface area contributed by atoms with Crippen molar-refractivity contribution in [3.8, 4) is 6.07 Å². The molecular weight excluding hydrogens is 224 g/mol. The van der Waals surface area contributed by atoms with Crippen LogP contribution in [0.25, 0.3) is 0 Å². The molecule has 0 amide bonds. The van der Waals surface area contributed by atoms with E-state index in [1.54, 1.807) is 4.57 Å². The first kappa shape index (κ1) is 9.92. The number of nitrogens with zero attached hydrogens (tertiary/aromatic N) is 4. The first-order valence-electron chi connectivity index (χ1n) is 5.09. The lowest BCUT2D eigenvalue weighted by Crippen LogP contribution is -2.46. The smallest absolute Gasteiger partial charge is 0.284 e. The van der Waals surface area contributed by atoms with E-state index < -0.39 is 0 Å². The van der Waals surface area contributed by atoms with Crippen LogP contribution in [0.5, 0.6) is 0 Å². The SMILES string of the molecule is N#Cc1ncn2c1N[C@@H](CO)[C@H]1OC(N)=N[C@H]12. The Labute approximate surface area is 96.3 Å². The van der Waals surface area contributed by atoms with E-state index in [0.29, 0.717) is 5.82 Å². The Balaban J connectivity index is 2.09. The van der Waals surface area contributed by atoms with Crippen molar-refractivity contribution in [2.75, 3.05) is 11.9 Å². The summed E-state index contributed by atoms with van der Waals surface area (Å²) in [5, 5.41) is 21.2. The lowest BCUT2D eigenvalue weighted by molar-refractivity contribution is 0.100. The summed E-state index contributed by atoms with van der Waals surface area (Å²) in [4.78, 5) is 8.09. The Kier molecular flexibility index (Phi) is 1.96. The van der Waals surface area contributed by atoms with Gasteiger partial charge in [0.2, 0.25) is 0 Å². The molecule has 3 heterocycles. The average molecular weight is 234 g/mol. The molecule has 2 aliphatic heterocycles. The quantitative estimate of drug-likeness (QED) is 0.558. The van der Waals surface area contributed by atoms with E-state index in [9.17, 15) is 5.11 Å². The molecule has 0 fully saturated rings. The fraction of sp³-hybridized carbons (Fsp3) is 0.444. The van der Waals surface area contributed by atoms with Crippen LogP contribution in [0.2, 0.25) is 0 Å². The minimum absolute atomic E-state index is 0.0836. The number of anilines is 1. The zero-order chi connectivity index (χ0) is 12.0. The zero-order valence-corrected chi connectivity index (χ0v) is 8.74. The third-order valence-corrected chi connectivity index (χ3v) is 2.91. The molecule has 0 aromatic carbocycles. The van der Waals surface area contributed by atoms with Crippen LogP contribution in [0.3, 0.4) is 0 Å². The second kappa shape index (κ2) is 3.36. The van der Waals surface area contributed by atoms with Crippen LogP contribution in [0.1, 0.15) is 11.9 Å². The fourth-order valence-corrected chi connectivity index (χ4v) is 2.14. The number of nitrogens with one attached hydrogen (secondary N) is 1. The minimum atomic E-state index is -0.381. The number of ether oxygens (including phenoxy) is 1. The standard InChI is InChI=1S/C9H10N6O2/c10-1-4-7-13-5(2-16)6-8(14-9(11)17-6)15(7)3-12-4/h3,5-6,8,13,16H,2H2,(H2,11,14)/t5-,6+,8-/m0/s1. The van der Waals surface area contributed by atoms with Crippen molar-refractivity contribution in [3.63, 3.8) is 0 Å². The van der Waals surface area contributed by atoms with Gasteiger partial charge in [0.15, 0.2) is 18.0 Å². The largest absolute Gasteiger partial charge is 0.455 e. The molecule has 3 atom stereocenters. The van der Waals surface area contributed by atoms with Crippen molar-refractivity contribution in [1.82, 2.24) is 9.55 Å². The molecule has 88 valence electrons. The molecule has 1 aromatic rings. The maximum Gasteiger partial charge on any atom is 0.284 e. The van der Waals surface area contributed by atoms with Gasteiger partial charge in [0, 0.05) is 0 Å². The van der Waals surface area contributed by atoms with E-state index in [1.807, 2.05) is 6.07 Å². The molecule has 1 aromatic heterocycles. The number of imidazole rings is 1. The number of nitriles is 1. The van der Waals surface area contributed by atoms with Gasteiger partial charge in [0.25, 0.3) is 6.02 Å². The van der Waals surface area contributed by atoms with Gasteiger partial charge < -0.3 is 20.9 Å². The molecule has 17 heavy (non-hydrogen) atoms. The van der Waals surface area contributed by atoms with Gasteiger partial charge in [-0.1, -0.05) is 0 Å². The van der Waals surface area contributed by atoms with Gasteiger partial charge in [-0.2, -0.15) is 5.26 Å². The summed E-state index contributed by atoms with van der Waals surface area (Å²) in [5.74, 6) is 0.537. The van der Waals surface area contributed by atoms with Crippen LogP contribution in [-0.4, -0.2) is 39.4 Å². The third-order valence-electron chi connectivity index (χ3n) is 2.91. The molecule has 0 saturated heterocycles. The van der Waals surface area contributed by atoms with Crippen molar-refractivity contribution in [1.29, 1.82) is 5.26 Å². The number of aliphatic imine (C=N–C) groups is 1. The normalized spacial score (nSPS) is 29.4. The van der Waals surface area contributed by atoms with Crippen molar-refractivity contribution in [3.05, 3.63) is 12.0 Å². The lowest BCUT2D eigenvalue weighted by atomic mass is 10.1. The van der Waals surface area contributed by atoms with Crippen molar-refractivity contribution < 1.29 is 9.84 Å². The summed E-state index contributed by atoms with van der Waals surface area (Å²) in [5.41, 5.74) is 5.79. The third kappa shape index (κ3) is 1.26. The number of aliphatic hydroxyl groups excluding tert-OH is 1. The highest BCUT2D eigenvalue weighted by molar-refractivity contribution is 5.74. The number of hydrogen-bond donors (Lipinski definition) is 3. The molecule has 0 spiro atoms. The van der Waals surface area contributed by atoms with Crippen LogP contribution in [-0.2, 0) is 4.74 Å². The van der Waals surface area contributed by atoms with Crippen LogP contribution in [0, 0.1) is 11.3 Å². The van der Waals surface area contributed by atoms with Gasteiger partial charge >= 0.3 is 0 Å². The molecule has 8 heteroatoms. The summed E-state index contributed by atoms with van der Waals surface area (Å²) in [6.07, 6.45) is 0.753. The van der Waals surface area contributed by atoms with Crippen LogP contribution >= 0.6 is 0 Å². The van der Waals surface area contributed by atoms with Crippen LogP contribution < -0.4 is 11.1 Å². The van der Waals surface area contributed by atoms with Crippen LogP contribution in [0.15, 0.2) is 11.3 Å². The van der Waals surface area contributed by atoms with Gasteiger partial charge in [0.1, 0.15) is 11.9 Å². The Bertz CT molecular complexity index is 530. The Hall–Kier alpha value is -2.27. The maximum absolute atomic E-state index is 9.30. The molecule has 0 radical (unpaired) electrons. The minimum Gasteiger partial charge on any atom is -0.455 e. The molecule has 0 bridgehead atoms. The Morgan fingerprint density at radius 1 is 1.71 bits per heavy atom. The highest BCUT2D eigenvalue weighted by Gasteiger charge is 2.43. The number of fused-ring (bicyclic) bond motifs is 3. The van der Waals surface area contributed by atoms with Gasteiger partial charge in [-0.25, -0.2) is 9.98 Å². The van der Waals surface area contributed by atoms with Crippen molar-refractivity contribution in [2.24, 2.45) is 10.7 Å². The Morgan fingerprint density at radius 3 is 3.24 bits per heavy atom. The second-order valence-corrected chi connectivity index (χ2v) is 3.86. The molecule has 4 N–H and O–H groups in total. The first-order chi connectivity index (χ1) is 8.24. The van der Waals surface area contributed by atoms with Gasteiger partial charge in [-0.15, -0.1) is 0 Å². The summed E-state index contributed by atoms with van der Waals surface area (Å²) < 4.78 is 7.03. The number of amidine groups is 1. The summed E-state index contributed by atoms with van der Waals surface area (Å²) >= 11 is 0. The van der Waals surface area contributed by atoms with E-state index in [-0.39, 0.29) is 36.6 Å². The maximum atomic E-state index is 9.30. The molecule has 0 saturated carbocycles.